The summed E-state index contributed by atoms with van der Waals surface area (Å²) in [5.41, 5.74) is 0.612. The second kappa shape index (κ2) is 5.38. The van der Waals surface area contributed by atoms with Crippen molar-refractivity contribution < 1.29 is 4.74 Å². The molecule has 0 bridgehead atoms. The Morgan fingerprint density at radius 1 is 1.47 bits per heavy atom. The molecular weight excluding hydrogens is 238 g/mol. The van der Waals surface area contributed by atoms with Gasteiger partial charge in [-0.15, -0.1) is 0 Å². The van der Waals surface area contributed by atoms with Gasteiger partial charge in [0.25, 0.3) is 0 Å². The summed E-state index contributed by atoms with van der Waals surface area (Å²) in [6.45, 7) is 8.23. The second-order valence-corrected chi connectivity index (χ2v) is 5.35. The van der Waals surface area contributed by atoms with Crippen molar-refractivity contribution in [1.29, 1.82) is 0 Å². The van der Waals surface area contributed by atoms with Crippen molar-refractivity contribution in [2.75, 3.05) is 14.2 Å². The molecule has 1 atom stereocenters. The molecule has 0 amide bonds. The summed E-state index contributed by atoms with van der Waals surface area (Å²) in [6.07, 6.45) is 1.69. The van der Waals surface area contributed by atoms with Crippen molar-refractivity contribution in [3.05, 3.63) is 16.9 Å². The monoisotopic (exact) mass is 259 g/mol. The first-order chi connectivity index (χ1) is 7.85. The van der Waals surface area contributed by atoms with Gasteiger partial charge in [0.2, 0.25) is 0 Å². The maximum absolute atomic E-state index is 6.25. The van der Waals surface area contributed by atoms with E-state index in [1.54, 1.807) is 13.3 Å². The normalized spacial score (nSPS) is 14.4. The molecule has 1 unspecified atom stereocenters. The number of halogens is 1. The Morgan fingerprint density at radius 3 is 2.47 bits per heavy atom. The fourth-order valence-corrected chi connectivity index (χ4v) is 2.20. The van der Waals surface area contributed by atoms with Crippen molar-refractivity contribution in [3.63, 3.8) is 0 Å². The van der Waals surface area contributed by atoms with E-state index in [0.29, 0.717) is 5.02 Å². The highest BCUT2D eigenvalue weighted by atomic mass is 35.5. The van der Waals surface area contributed by atoms with Gasteiger partial charge in [-0.25, -0.2) is 0 Å². The van der Waals surface area contributed by atoms with E-state index in [2.05, 4.69) is 24.3 Å². The number of aromatic nitrogens is 2. The molecule has 98 valence electrons. The molecule has 0 aliphatic carbocycles. The third-order valence-corrected chi connectivity index (χ3v) is 3.35. The van der Waals surface area contributed by atoms with Crippen molar-refractivity contribution in [1.82, 2.24) is 15.1 Å². The lowest BCUT2D eigenvalue weighted by molar-refractivity contribution is -0.0116. The van der Waals surface area contributed by atoms with Crippen LogP contribution in [0.4, 0.5) is 0 Å². The summed E-state index contributed by atoms with van der Waals surface area (Å²) in [5, 5.41) is 8.25. The van der Waals surface area contributed by atoms with E-state index in [-0.39, 0.29) is 17.7 Å². The predicted octanol–water partition coefficient (Wildman–Crippen LogP) is 2.80. The largest absolute Gasteiger partial charge is 0.377 e. The molecule has 0 spiro atoms. The van der Waals surface area contributed by atoms with Crippen LogP contribution in [-0.2, 0) is 4.74 Å². The number of rotatable bonds is 5. The fraction of sp³-hybridized carbons (Fsp3) is 0.750. The minimum atomic E-state index is -0.356. The number of likely N-dealkylation sites (N-methyl/N-ethyl adjacent to an activating group) is 1. The number of ether oxygens (including phenoxy) is 1. The molecule has 0 radical (unpaired) electrons. The molecule has 0 aliphatic rings. The van der Waals surface area contributed by atoms with Gasteiger partial charge in [0.05, 0.1) is 28.6 Å². The number of nitrogens with zero attached hydrogens (tertiary/aromatic N) is 2. The zero-order valence-electron chi connectivity index (χ0n) is 11.4. The van der Waals surface area contributed by atoms with Gasteiger partial charge in [-0.2, -0.15) is 5.10 Å². The van der Waals surface area contributed by atoms with Crippen LogP contribution in [0.2, 0.25) is 5.02 Å². The average Bonchev–Trinajstić information content (AvgIpc) is 2.62. The van der Waals surface area contributed by atoms with Crippen molar-refractivity contribution in [2.45, 2.75) is 45.4 Å². The van der Waals surface area contributed by atoms with E-state index < -0.39 is 0 Å². The SMILES string of the molecule is CNC(c1c(Cl)cnn1C(C)C)C(C)(C)OC. The molecule has 0 fully saturated rings. The maximum atomic E-state index is 6.25. The summed E-state index contributed by atoms with van der Waals surface area (Å²) in [6, 6.07) is 0.255. The van der Waals surface area contributed by atoms with E-state index in [0.717, 1.165) is 5.69 Å². The molecule has 1 aromatic heterocycles. The molecule has 5 heteroatoms. The second-order valence-electron chi connectivity index (χ2n) is 4.95. The standard InChI is InChI=1S/C12H22ClN3O/c1-8(2)16-10(9(13)7-15-16)11(14-5)12(3,4)17-6/h7-8,11,14H,1-6H3. The molecule has 1 aromatic rings. The van der Waals surface area contributed by atoms with Crippen LogP contribution >= 0.6 is 11.6 Å². The molecular formula is C12H22ClN3O. The molecule has 0 saturated carbocycles. The molecule has 1 heterocycles. The summed E-state index contributed by atoms with van der Waals surface area (Å²) < 4.78 is 7.48. The highest BCUT2D eigenvalue weighted by Gasteiger charge is 2.34. The Balaban J connectivity index is 3.25. The Kier molecular flexibility index (Phi) is 4.58. The molecule has 1 N–H and O–H groups in total. The van der Waals surface area contributed by atoms with E-state index >= 15 is 0 Å². The van der Waals surface area contributed by atoms with Crippen LogP contribution in [0.3, 0.4) is 0 Å². The molecule has 0 aliphatic heterocycles. The summed E-state index contributed by atoms with van der Waals surface area (Å²) in [5.74, 6) is 0. The van der Waals surface area contributed by atoms with E-state index in [1.807, 2.05) is 25.6 Å². The number of hydrogen-bond acceptors (Lipinski definition) is 3. The van der Waals surface area contributed by atoms with E-state index in [4.69, 9.17) is 16.3 Å². The summed E-state index contributed by atoms with van der Waals surface area (Å²) in [7, 11) is 3.60. The number of hydrogen-bond donors (Lipinski definition) is 1. The van der Waals surface area contributed by atoms with Crippen LogP contribution in [0.5, 0.6) is 0 Å². The Hall–Kier alpha value is -0.580. The van der Waals surface area contributed by atoms with Crippen LogP contribution in [0.1, 0.15) is 45.5 Å². The number of nitrogens with one attached hydrogen (secondary N) is 1. The molecule has 0 saturated heterocycles. The van der Waals surface area contributed by atoms with Crippen molar-refractivity contribution >= 4 is 11.6 Å². The minimum Gasteiger partial charge on any atom is -0.377 e. The van der Waals surface area contributed by atoms with Crippen LogP contribution in [0, 0.1) is 0 Å². The van der Waals surface area contributed by atoms with Gasteiger partial charge in [0.15, 0.2) is 0 Å². The van der Waals surface area contributed by atoms with E-state index in [1.165, 1.54) is 0 Å². The Labute approximate surface area is 108 Å². The van der Waals surface area contributed by atoms with Crippen LogP contribution < -0.4 is 5.32 Å². The average molecular weight is 260 g/mol. The first-order valence-electron chi connectivity index (χ1n) is 5.80. The van der Waals surface area contributed by atoms with Gasteiger partial charge < -0.3 is 10.1 Å². The summed E-state index contributed by atoms with van der Waals surface area (Å²) in [4.78, 5) is 0. The lowest BCUT2D eigenvalue weighted by Gasteiger charge is -2.34. The Bertz CT molecular complexity index is 374. The third kappa shape index (κ3) is 2.81. The van der Waals surface area contributed by atoms with Gasteiger partial charge in [-0.3, -0.25) is 4.68 Å². The third-order valence-electron chi connectivity index (χ3n) is 3.06. The minimum absolute atomic E-state index is 0.00935. The zero-order chi connectivity index (χ0) is 13.2. The zero-order valence-corrected chi connectivity index (χ0v) is 12.2. The highest BCUT2D eigenvalue weighted by molar-refractivity contribution is 6.31. The lowest BCUT2D eigenvalue weighted by atomic mass is 9.95. The first-order valence-corrected chi connectivity index (χ1v) is 6.18. The number of methoxy groups -OCH3 is 1. The molecule has 17 heavy (non-hydrogen) atoms. The van der Waals surface area contributed by atoms with Crippen LogP contribution in [0.15, 0.2) is 6.20 Å². The molecule has 0 aromatic carbocycles. The molecule has 4 nitrogen and oxygen atoms in total. The van der Waals surface area contributed by atoms with E-state index in [9.17, 15) is 0 Å². The predicted molar refractivity (Wildman–Crippen MR) is 70.5 cm³/mol. The van der Waals surface area contributed by atoms with Gasteiger partial charge in [0.1, 0.15) is 0 Å². The van der Waals surface area contributed by atoms with Crippen LogP contribution in [-0.4, -0.2) is 29.5 Å². The van der Waals surface area contributed by atoms with Crippen molar-refractivity contribution in [2.24, 2.45) is 0 Å². The maximum Gasteiger partial charge on any atom is 0.0835 e. The first kappa shape index (κ1) is 14.5. The van der Waals surface area contributed by atoms with Gasteiger partial charge in [-0.1, -0.05) is 11.6 Å². The lowest BCUT2D eigenvalue weighted by Crippen LogP contribution is -2.40. The van der Waals surface area contributed by atoms with Crippen LogP contribution in [0.25, 0.3) is 0 Å². The van der Waals surface area contributed by atoms with Gasteiger partial charge in [-0.05, 0) is 34.7 Å². The Morgan fingerprint density at radius 2 is 2.06 bits per heavy atom. The fourth-order valence-electron chi connectivity index (χ4n) is 1.96. The topological polar surface area (TPSA) is 39.1 Å². The quantitative estimate of drug-likeness (QED) is 0.884. The van der Waals surface area contributed by atoms with Gasteiger partial charge >= 0.3 is 0 Å². The summed E-state index contributed by atoms with van der Waals surface area (Å²) >= 11 is 6.25. The molecule has 1 rings (SSSR count). The highest BCUT2D eigenvalue weighted by Crippen LogP contribution is 2.33. The van der Waals surface area contributed by atoms with Gasteiger partial charge in [0, 0.05) is 13.2 Å². The van der Waals surface area contributed by atoms with Crippen molar-refractivity contribution in [3.8, 4) is 0 Å². The smallest absolute Gasteiger partial charge is 0.0835 e.